The quantitative estimate of drug-likeness (QED) is 0.211. The van der Waals surface area contributed by atoms with Gasteiger partial charge in [-0.15, -0.1) is 0 Å². The monoisotopic (exact) mass is 544 g/mol. The van der Waals surface area contributed by atoms with Crippen molar-refractivity contribution in [3.63, 3.8) is 0 Å². The van der Waals surface area contributed by atoms with Gasteiger partial charge in [-0.25, -0.2) is 4.39 Å². The van der Waals surface area contributed by atoms with Crippen LogP contribution in [0, 0.1) is 24.1 Å². The summed E-state index contributed by atoms with van der Waals surface area (Å²) in [5, 5.41) is 20.8. The van der Waals surface area contributed by atoms with Crippen molar-refractivity contribution in [2.24, 2.45) is 0 Å². The molecule has 0 aliphatic heterocycles. The van der Waals surface area contributed by atoms with Gasteiger partial charge in [0.1, 0.15) is 17.4 Å². The maximum atomic E-state index is 13.5. The number of nitriles is 1. The average molecular weight is 545 g/mol. The van der Waals surface area contributed by atoms with E-state index in [-0.39, 0.29) is 44.6 Å². The molecule has 1 N–H and O–H groups in total. The number of benzene rings is 2. The summed E-state index contributed by atoms with van der Waals surface area (Å²) in [5.74, 6) is -1.49. The number of pyridine rings is 1. The van der Waals surface area contributed by atoms with Crippen LogP contribution in [0.4, 0.5) is 4.39 Å². The highest BCUT2D eigenvalue weighted by Gasteiger charge is 2.26. The van der Waals surface area contributed by atoms with Crippen molar-refractivity contribution in [1.82, 2.24) is 4.57 Å². The highest BCUT2D eigenvalue weighted by Crippen LogP contribution is 2.36. The van der Waals surface area contributed by atoms with Gasteiger partial charge in [-0.1, -0.05) is 67.9 Å². The number of rotatable bonds is 11. The van der Waals surface area contributed by atoms with Crippen LogP contribution in [-0.4, -0.2) is 22.1 Å². The molecule has 3 rings (SSSR count). The molecule has 0 spiro atoms. The van der Waals surface area contributed by atoms with Crippen LogP contribution in [0.2, 0.25) is 10.0 Å². The maximum absolute atomic E-state index is 13.5. The molecule has 1 aromatic heterocycles. The van der Waals surface area contributed by atoms with E-state index >= 15 is 0 Å². The smallest absolute Gasteiger partial charge is 0.271 e. The molecule has 0 saturated heterocycles. The van der Waals surface area contributed by atoms with E-state index < -0.39 is 23.0 Å². The maximum Gasteiger partial charge on any atom is 0.271 e. The summed E-state index contributed by atoms with van der Waals surface area (Å²) in [4.78, 5) is 26.4. The lowest BCUT2D eigenvalue weighted by Gasteiger charge is -2.16. The molecule has 3 aromatic rings. The average Bonchev–Trinajstić information content (AvgIpc) is 2.86. The van der Waals surface area contributed by atoms with Gasteiger partial charge in [-0.2, -0.15) is 5.26 Å². The Labute approximate surface area is 224 Å². The normalized spacial score (nSPS) is 10.8. The second-order valence-corrected chi connectivity index (χ2v) is 9.50. The van der Waals surface area contributed by atoms with Crippen molar-refractivity contribution < 1.29 is 19.0 Å². The van der Waals surface area contributed by atoms with Crippen molar-refractivity contribution in [3.8, 4) is 17.7 Å². The molecule has 2 aromatic carbocycles. The Balaban J connectivity index is 1.95. The Hall–Kier alpha value is -3.34. The van der Waals surface area contributed by atoms with Crippen molar-refractivity contribution >= 4 is 29.0 Å². The van der Waals surface area contributed by atoms with E-state index in [1.807, 2.05) is 6.07 Å². The molecule has 0 aliphatic rings. The molecule has 0 radical (unpaired) electrons. The van der Waals surface area contributed by atoms with Crippen molar-refractivity contribution in [1.29, 1.82) is 5.26 Å². The molecule has 0 bridgehead atoms. The molecule has 0 unspecified atom stereocenters. The minimum absolute atomic E-state index is 0.0324. The van der Waals surface area contributed by atoms with E-state index in [1.54, 1.807) is 0 Å². The number of ether oxygens (including phenoxy) is 1. The summed E-state index contributed by atoms with van der Waals surface area (Å²) in [6, 6.07) is 9.87. The molecule has 6 nitrogen and oxygen atoms in total. The van der Waals surface area contributed by atoms with Gasteiger partial charge in [-0.05, 0) is 48.7 Å². The number of carbonyl (C=O) groups is 1. The number of hydrogen-bond acceptors (Lipinski definition) is 5. The second-order valence-electron chi connectivity index (χ2n) is 8.69. The zero-order valence-corrected chi connectivity index (χ0v) is 22.1. The SMILES string of the molecule is CCCCCCCOc1c(Cl)cc(C(=O)c2c(C)c(C#N)c(=O)n(Cc3ccc(F)cc3)c2O)cc1Cl. The zero-order chi connectivity index (χ0) is 27.1. The third-order valence-electron chi connectivity index (χ3n) is 6.04. The first kappa shape index (κ1) is 28.2. The van der Waals surface area contributed by atoms with E-state index in [0.29, 0.717) is 12.2 Å². The molecule has 37 heavy (non-hydrogen) atoms. The number of aromatic nitrogens is 1. The summed E-state index contributed by atoms with van der Waals surface area (Å²) >= 11 is 12.8. The Morgan fingerprint density at radius 3 is 2.32 bits per heavy atom. The van der Waals surface area contributed by atoms with Gasteiger partial charge in [0.15, 0.2) is 11.5 Å². The Kier molecular flexibility index (Phi) is 9.73. The lowest BCUT2D eigenvalue weighted by atomic mass is 9.97. The van der Waals surface area contributed by atoms with E-state index in [9.17, 15) is 24.3 Å². The lowest BCUT2D eigenvalue weighted by molar-refractivity contribution is 0.103. The van der Waals surface area contributed by atoms with Crippen LogP contribution in [0.15, 0.2) is 41.2 Å². The number of ketones is 1. The third kappa shape index (κ3) is 6.51. The van der Waals surface area contributed by atoms with Gasteiger partial charge in [0.2, 0.25) is 5.88 Å². The fraction of sp³-hybridized carbons (Fsp3) is 0.321. The van der Waals surface area contributed by atoms with E-state index in [0.717, 1.165) is 36.7 Å². The Morgan fingerprint density at radius 1 is 1.11 bits per heavy atom. The number of nitrogens with zero attached hydrogens (tertiary/aromatic N) is 2. The molecular weight excluding hydrogens is 518 g/mol. The molecule has 0 aliphatic carbocycles. The minimum atomic E-state index is -0.767. The van der Waals surface area contributed by atoms with Crippen LogP contribution in [0.1, 0.15) is 71.6 Å². The first-order chi connectivity index (χ1) is 17.7. The zero-order valence-electron chi connectivity index (χ0n) is 20.6. The number of hydrogen-bond donors (Lipinski definition) is 1. The number of carbonyl (C=O) groups excluding carboxylic acids is 1. The fourth-order valence-electron chi connectivity index (χ4n) is 3.99. The van der Waals surface area contributed by atoms with Crippen LogP contribution in [-0.2, 0) is 6.54 Å². The Morgan fingerprint density at radius 2 is 1.73 bits per heavy atom. The standard InChI is InChI=1S/C28H27Cl2FN2O4/c1-3-4-5-6-7-12-37-26-22(29)13-19(14-23(26)30)25(34)24-17(2)21(15-32)27(35)33(28(24)36)16-18-8-10-20(31)11-9-18/h8-11,13-14,36H,3-7,12,16H2,1-2H3. The highest BCUT2D eigenvalue weighted by molar-refractivity contribution is 6.38. The van der Waals surface area contributed by atoms with Crippen LogP contribution < -0.4 is 10.3 Å². The van der Waals surface area contributed by atoms with E-state index in [2.05, 4.69) is 6.92 Å². The van der Waals surface area contributed by atoms with Crippen molar-refractivity contribution in [3.05, 3.63) is 90.4 Å². The molecule has 0 atom stereocenters. The van der Waals surface area contributed by atoms with Gasteiger partial charge < -0.3 is 9.84 Å². The van der Waals surface area contributed by atoms with E-state index in [1.165, 1.54) is 43.3 Å². The summed E-state index contributed by atoms with van der Waals surface area (Å²) in [7, 11) is 0. The molecule has 0 fully saturated rings. The molecule has 194 valence electrons. The molecule has 9 heteroatoms. The van der Waals surface area contributed by atoms with Crippen LogP contribution in [0.25, 0.3) is 0 Å². The molecular formula is C28H27Cl2FN2O4. The topological polar surface area (TPSA) is 92.3 Å². The summed E-state index contributed by atoms with van der Waals surface area (Å²) in [5.41, 5.74) is -0.701. The predicted octanol–water partition coefficient (Wildman–Crippen LogP) is 6.81. The molecule has 0 amide bonds. The second kappa shape index (κ2) is 12.8. The third-order valence-corrected chi connectivity index (χ3v) is 6.60. The number of aromatic hydroxyl groups is 1. The van der Waals surface area contributed by atoms with Crippen LogP contribution in [0.5, 0.6) is 11.6 Å². The highest BCUT2D eigenvalue weighted by atomic mass is 35.5. The first-order valence-electron chi connectivity index (χ1n) is 12.0. The first-order valence-corrected chi connectivity index (χ1v) is 12.7. The van der Waals surface area contributed by atoms with Gasteiger partial charge in [0.05, 0.1) is 28.8 Å². The van der Waals surface area contributed by atoms with E-state index in [4.69, 9.17) is 27.9 Å². The van der Waals surface area contributed by atoms with Gasteiger partial charge in [0.25, 0.3) is 5.56 Å². The largest absolute Gasteiger partial charge is 0.494 e. The van der Waals surface area contributed by atoms with Crippen LogP contribution in [0.3, 0.4) is 0 Å². The lowest BCUT2D eigenvalue weighted by Crippen LogP contribution is -2.27. The summed E-state index contributed by atoms with van der Waals surface area (Å²) in [6.45, 7) is 3.80. The van der Waals surface area contributed by atoms with Crippen LogP contribution >= 0.6 is 23.2 Å². The summed E-state index contributed by atoms with van der Waals surface area (Å²) < 4.78 is 20.0. The minimum Gasteiger partial charge on any atom is -0.494 e. The fourth-order valence-corrected chi connectivity index (χ4v) is 4.59. The number of unbranched alkanes of at least 4 members (excludes halogenated alkanes) is 4. The summed E-state index contributed by atoms with van der Waals surface area (Å²) in [6.07, 6.45) is 5.28. The molecule has 0 saturated carbocycles. The van der Waals surface area contributed by atoms with Crippen molar-refractivity contribution in [2.45, 2.75) is 52.5 Å². The Bertz CT molecular complexity index is 1370. The van der Waals surface area contributed by atoms with Gasteiger partial charge >= 0.3 is 0 Å². The number of halogens is 3. The van der Waals surface area contributed by atoms with Gasteiger partial charge in [0, 0.05) is 5.56 Å². The van der Waals surface area contributed by atoms with Crippen molar-refractivity contribution in [2.75, 3.05) is 6.61 Å². The predicted molar refractivity (Wildman–Crippen MR) is 141 cm³/mol. The molecule has 1 heterocycles. The van der Waals surface area contributed by atoms with Gasteiger partial charge in [-0.3, -0.25) is 14.2 Å².